The van der Waals surface area contributed by atoms with Crippen molar-refractivity contribution in [3.63, 3.8) is 0 Å². The maximum absolute atomic E-state index is 14.0. The van der Waals surface area contributed by atoms with Crippen LogP contribution < -0.4 is 4.31 Å². The first kappa shape index (κ1) is 28.8. The Morgan fingerprint density at radius 1 is 0.949 bits per heavy atom. The largest absolute Gasteiger partial charge is 0.480 e. The van der Waals surface area contributed by atoms with Crippen molar-refractivity contribution < 1.29 is 26.7 Å². The summed E-state index contributed by atoms with van der Waals surface area (Å²) in [7, 11) is -7.99. The lowest BCUT2D eigenvalue weighted by Gasteiger charge is -2.37. The maximum atomic E-state index is 14.0. The van der Waals surface area contributed by atoms with Crippen LogP contribution in [0.2, 0.25) is 10.0 Å². The number of anilines is 1. The number of rotatable bonds is 7. The lowest BCUT2D eigenvalue weighted by molar-refractivity contribution is -0.140. The van der Waals surface area contributed by atoms with Crippen LogP contribution in [0, 0.1) is 5.41 Å². The Hall–Kier alpha value is -3.19. The van der Waals surface area contributed by atoms with Gasteiger partial charge in [-0.05, 0) is 60.0 Å². The predicted molar refractivity (Wildman–Crippen MR) is 149 cm³/mol. The molecule has 0 aliphatic rings. The Morgan fingerprint density at radius 2 is 1.59 bits per heavy atom. The number of carboxylic acid groups (broad SMARTS) is 1. The lowest BCUT2D eigenvalue weighted by atomic mass is 9.86. The molecule has 14 heteroatoms. The summed E-state index contributed by atoms with van der Waals surface area (Å²) in [6.45, 7) is 4.90. The summed E-state index contributed by atoms with van der Waals surface area (Å²) in [5, 5.41) is 18.5. The topological polar surface area (TPSA) is 140 Å². The Morgan fingerprint density at radius 3 is 2.10 bits per heavy atom. The number of fused-ring (bicyclic) bond motifs is 1. The highest BCUT2D eigenvalue weighted by atomic mass is 35.5. The van der Waals surface area contributed by atoms with Crippen LogP contribution in [0.15, 0.2) is 70.7 Å². The summed E-state index contributed by atoms with van der Waals surface area (Å²) in [6.07, 6.45) is 2.69. The zero-order chi connectivity index (χ0) is 28.9. The molecule has 0 saturated carbocycles. The van der Waals surface area contributed by atoms with E-state index >= 15 is 0 Å². The highest BCUT2D eigenvalue weighted by Gasteiger charge is 2.43. The molecule has 2 aromatic carbocycles. The van der Waals surface area contributed by atoms with E-state index in [-0.39, 0.29) is 25.7 Å². The Kier molecular flexibility index (Phi) is 7.45. The minimum atomic E-state index is -4.46. The van der Waals surface area contributed by atoms with Crippen LogP contribution >= 0.6 is 23.2 Å². The normalized spacial score (nSPS) is 13.4. The van der Waals surface area contributed by atoms with Crippen molar-refractivity contribution in [1.82, 2.24) is 14.8 Å². The molecular weight excluding hydrogens is 587 g/mol. The van der Waals surface area contributed by atoms with Crippen molar-refractivity contribution in [2.45, 2.75) is 36.7 Å². The Bertz CT molecular complexity index is 1780. The third-order valence-electron chi connectivity index (χ3n) is 5.86. The lowest BCUT2D eigenvalue weighted by Crippen LogP contribution is -2.52. The Balaban J connectivity index is 1.89. The molecule has 206 valence electrons. The molecule has 0 spiro atoms. The number of halogens is 2. The van der Waals surface area contributed by atoms with Crippen molar-refractivity contribution in [2.24, 2.45) is 5.41 Å². The molecule has 10 nitrogen and oxygen atoms in total. The number of benzene rings is 2. The summed E-state index contributed by atoms with van der Waals surface area (Å²) in [5.74, 6) is -1.00. The average Bonchev–Trinajstić information content (AvgIpc) is 3.23. The van der Waals surface area contributed by atoms with Gasteiger partial charge >= 0.3 is 5.97 Å². The molecule has 1 unspecified atom stereocenters. The van der Waals surface area contributed by atoms with Gasteiger partial charge < -0.3 is 5.11 Å². The van der Waals surface area contributed by atoms with Crippen molar-refractivity contribution in [1.29, 1.82) is 0 Å². The molecule has 0 aliphatic heterocycles. The maximum Gasteiger partial charge on any atom is 0.328 e. The number of carboxylic acids is 1. The fourth-order valence-electron chi connectivity index (χ4n) is 4.15. The van der Waals surface area contributed by atoms with Crippen LogP contribution in [0.5, 0.6) is 0 Å². The highest BCUT2D eigenvalue weighted by molar-refractivity contribution is 7.93. The molecule has 4 rings (SSSR count). The van der Waals surface area contributed by atoms with E-state index in [0.29, 0.717) is 16.7 Å². The monoisotopic (exact) mass is 610 g/mol. The van der Waals surface area contributed by atoms with Crippen molar-refractivity contribution in [3.8, 4) is 5.82 Å². The molecule has 0 amide bonds. The summed E-state index contributed by atoms with van der Waals surface area (Å²) in [4.78, 5) is 12.2. The number of aliphatic carboxylic acids is 1. The van der Waals surface area contributed by atoms with E-state index in [4.69, 9.17) is 23.2 Å². The van der Waals surface area contributed by atoms with Gasteiger partial charge in [0.25, 0.3) is 10.0 Å². The van der Waals surface area contributed by atoms with Gasteiger partial charge in [0.2, 0.25) is 0 Å². The molecular formula is C25H24Cl2N4O6S2. The number of carbonyl (C=O) groups is 1. The van der Waals surface area contributed by atoms with E-state index in [0.717, 1.165) is 10.6 Å². The van der Waals surface area contributed by atoms with E-state index in [1.54, 1.807) is 49.7 Å². The number of hydrogen-bond acceptors (Lipinski definition) is 7. The zero-order valence-electron chi connectivity index (χ0n) is 21.2. The van der Waals surface area contributed by atoms with Gasteiger partial charge in [-0.2, -0.15) is 0 Å². The molecule has 0 saturated heterocycles. The van der Waals surface area contributed by atoms with Gasteiger partial charge in [-0.3, -0.25) is 8.87 Å². The number of sulfonamides is 1. The minimum absolute atomic E-state index is 0.0826. The van der Waals surface area contributed by atoms with E-state index in [1.807, 2.05) is 0 Å². The van der Waals surface area contributed by atoms with Gasteiger partial charge in [-0.1, -0.05) is 44.0 Å². The summed E-state index contributed by atoms with van der Waals surface area (Å²) >= 11 is 12.2. The van der Waals surface area contributed by atoms with E-state index in [9.17, 15) is 26.7 Å². The average molecular weight is 612 g/mol. The highest BCUT2D eigenvalue weighted by Crippen LogP contribution is 2.37. The number of hydrogen-bond donors (Lipinski definition) is 1. The summed E-state index contributed by atoms with van der Waals surface area (Å²) in [5.41, 5.74) is -0.304. The predicted octanol–water partition coefficient (Wildman–Crippen LogP) is 4.83. The fraction of sp³-hybridized carbons (Fsp3) is 0.240. The van der Waals surface area contributed by atoms with Gasteiger partial charge in [-0.15, -0.1) is 10.2 Å². The molecule has 2 aromatic heterocycles. The first-order valence-corrected chi connectivity index (χ1v) is 15.5. The molecule has 1 N–H and O–H groups in total. The molecule has 2 heterocycles. The second-order valence-electron chi connectivity index (χ2n) is 9.94. The second kappa shape index (κ2) is 10.1. The molecule has 0 radical (unpaired) electrons. The van der Waals surface area contributed by atoms with Crippen molar-refractivity contribution >= 4 is 65.6 Å². The molecule has 1 atom stereocenters. The first-order chi connectivity index (χ1) is 18.0. The molecule has 4 aromatic rings. The van der Waals surface area contributed by atoms with E-state index in [1.165, 1.54) is 36.4 Å². The third-order valence-corrected chi connectivity index (χ3v) is 9.05. The smallest absolute Gasteiger partial charge is 0.328 e. The molecule has 0 fully saturated rings. The third kappa shape index (κ3) is 5.74. The van der Waals surface area contributed by atoms with Gasteiger partial charge in [-0.25, -0.2) is 21.6 Å². The number of sulfone groups is 1. The fourth-order valence-corrected chi connectivity index (χ4v) is 7.16. The van der Waals surface area contributed by atoms with E-state index in [2.05, 4.69) is 10.2 Å². The van der Waals surface area contributed by atoms with Crippen molar-refractivity contribution in [3.05, 3.63) is 70.8 Å². The van der Waals surface area contributed by atoms with Gasteiger partial charge in [0.15, 0.2) is 20.7 Å². The minimum Gasteiger partial charge on any atom is -0.480 e. The molecule has 0 aliphatic carbocycles. The van der Waals surface area contributed by atoms with Crippen LogP contribution in [-0.2, 0) is 24.7 Å². The van der Waals surface area contributed by atoms with Gasteiger partial charge in [0.05, 0.1) is 16.1 Å². The quantitative estimate of drug-likeness (QED) is 0.314. The molecule has 0 bridgehead atoms. The van der Waals surface area contributed by atoms with Crippen LogP contribution in [-0.4, -0.2) is 55.0 Å². The zero-order valence-corrected chi connectivity index (χ0v) is 24.3. The summed E-state index contributed by atoms with van der Waals surface area (Å²) in [6, 6.07) is 11.5. The summed E-state index contributed by atoms with van der Waals surface area (Å²) < 4.78 is 53.9. The van der Waals surface area contributed by atoms with Gasteiger partial charge in [0.1, 0.15) is 6.04 Å². The van der Waals surface area contributed by atoms with Crippen LogP contribution in [0.25, 0.3) is 16.7 Å². The standard InChI is InChI=1S/C25H24Cl2N4O6S2/c1-25(2,3)23(24(32)33)31(39(36,37)19-13-16(26)12-17(27)14-19)18-5-6-20-15(11-18)9-10-30(20)21-7-8-22(29-28-21)38(4,34)35/h5-14,23H,1-4H3,(H,32,33). The first-order valence-electron chi connectivity index (χ1n) is 11.4. The molecule has 39 heavy (non-hydrogen) atoms. The SMILES string of the molecule is CC(C)(C)C(C(=O)O)N(c1ccc2c(ccn2-c2ccc(S(C)(=O)=O)nn2)c1)S(=O)(=O)c1cc(Cl)cc(Cl)c1. The number of nitrogens with zero attached hydrogens (tertiary/aromatic N) is 4. The number of aromatic nitrogens is 3. The van der Waals surface area contributed by atoms with Gasteiger partial charge in [0, 0.05) is 27.9 Å². The Labute approximate surface area is 235 Å². The second-order valence-corrected chi connectivity index (χ2v) is 14.6. The van der Waals surface area contributed by atoms with Crippen LogP contribution in [0.4, 0.5) is 5.69 Å². The van der Waals surface area contributed by atoms with E-state index < -0.39 is 37.3 Å². The van der Waals surface area contributed by atoms with Crippen LogP contribution in [0.1, 0.15) is 20.8 Å². The van der Waals surface area contributed by atoms with Crippen molar-refractivity contribution in [2.75, 3.05) is 10.6 Å². The van der Waals surface area contributed by atoms with Crippen LogP contribution in [0.3, 0.4) is 0 Å².